The molecule has 8 heteroatoms. The van der Waals surface area contributed by atoms with E-state index in [0.717, 1.165) is 21.8 Å². The third-order valence-electron chi connectivity index (χ3n) is 2.83. The van der Waals surface area contributed by atoms with Crippen molar-refractivity contribution in [3.8, 4) is 0 Å². The van der Waals surface area contributed by atoms with Crippen LogP contribution in [0.5, 0.6) is 0 Å². The maximum Gasteiger partial charge on any atom is 0.198 e. The van der Waals surface area contributed by atoms with E-state index in [1.165, 1.54) is 11.1 Å². The summed E-state index contributed by atoms with van der Waals surface area (Å²) < 4.78 is 0. The molecule has 0 unspecified atom stereocenters. The van der Waals surface area contributed by atoms with Crippen LogP contribution in [0.3, 0.4) is 0 Å². The smallest absolute Gasteiger partial charge is 0.198 e. The summed E-state index contributed by atoms with van der Waals surface area (Å²) in [5, 5.41) is 1.60. The first-order valence-electron chi connectivity index (χ1n) is 7.11. The van der Waals surface area contributed by atoms with Crippen molar-refractivity contribution in [1.29, 1.82) is 0 Å². The van der Waals surface area contributed by atoms with Gasteiger partial charge in [0.05, 0.1) is 0 Å². The molecule has 0 aliphatic carbocycles. The summed E-state index contributed by atoms with van der Waals surface area (Å²) in [6, 6.07) is 12.4. The number of nitrogens with zero attached hydrogens (tertiary/aromatic N) is 4. The Hall–Kier alpha value is -1.22. The molecule has 0 aliphatic rings. The highest BCUT2D eigenvalue weighted by atomic mass is 33.1. The van der Waals surface area contributed by atoms with Crippen LogP contribution in [0.15, 0.2) is 71.5 Å². The van der Waals surface area contributed by atoms with Crippen molar-refractivity contribution in [3.05, 3.63) is 72.3 Å². The van der Waals surface area contributed by atoms with Gasteiger partial charge in [-0.3, -0.25) is 0 Å². The monoisotopic (exact) mass is 390 g/mol. The summed E-state index contributed by atoms with van der Waals surface area (Å²) in [4.78, 5) is 16.8. The van der Waals surface area contributed by atoms with Crippen molar-refractivity contribution in [2.75, 3.05) is 0 Å². The van der Waals surface area contributed by atoms with Gasteiger partial charge in [-0.2, -0.15) is 0 Å². The third kappa shape index (κ3) is 6.01. The largest absolute Gasteiger partial charge is 0.230 e. The first-order chi connectivity index (χ1) is 11.9. The predicted molar refractivity (Wildman–Crippen MR) is 105 cm³/mol. The van der Waals surface area contributed by atoms with Crippen molar-refractivity contribution in [1.82, 2.24) is 19.9 Å². The Morgan fingerprint density at radius 2 is 0.958 bits per heavy atom. The molecular formula is C16H14N4S4. The zero-order valence-corrected chi connectivity index (χ0v) is 15.9. The molecule has 0 saturated heterocycles. The van der Waals surface area contributed by atoms with Gasteiger partial charge in [0.2, 0.25) is 0 Å². The van der Waals surface area contributed by atoms with Gasteiger partial charge < -0.3 is 0 Å². The molecule has 4 nitrogen and oxygen atoms in total. The Morgan fingerprint density at radius 1 is 0.583 bits per heavy atom. The van der Waals surface area contributed by atoms with E-state index in [9.17, 15) is 0 Å². The van der Waals surface area contributed by atoms with Crippen molar-refractivity contribution < 1.29 is 0 Å². The predicted octanol–water partition coefficient (Wildman–Crippen LogP) is 5.15. The fourth-order valence-corrected chi connectivity index (χ4v) is 5.41. The molecule has 0 fully saturated rings. The number of hydrogen-bond acceptors (Lipinski definition) is 8. The van der Waals surface area contributed by atoms with Gasteiger partial charge in [0, 0.05) is 36.3 Å². The highest BCUT2D eigenvalue weighted by Crippen LogP contribution is 2.32. The van der Waals surface area contributed by atoms with Gasteiger partial charge in [-0.25, -0.2) is 19.9 Å². The maximum absolute atomic E-state index is 4.20. The van der Waals surface area contributed by atoms with E-state index in [2.05, 4.69) is 44.2 Å². The molecule has 0 radical (unpaired) electrons. The van der Waals surface area contributed by atoms with E-state index < -0.39 is 0 Å². The van der Waals surface area contributed by atoms with Crippen LogP contribution in [0.25, 0.3) is 0 Å². The lowest BCUT2D eigenvalue weighted by molar-refractivity contribution is 0.973. The standard InChI is InChI=1S/C16H14N4S4/c1-7-17-15(18-8-1)23-21-11-13-3-5-14(6-4-13)12-22-24-16-19-9-2-10-20-16/h1-10H,11-12H2. The Morgan fingerprint density at radius 3 is 1.33 bits per heavy atom. The van der Waals surface area contributed by atoms with Crippen LogP contribution in [-0.4, -0.2) is 19.9 Å². The molecule has 122 valence electrons. The van der Waals surface area contributed by atoms with E-state index in [-0.39, 0.29) is 0 Å². The topological polar surface area (TPSA) is 51.6 Å². The van der Waals surface area contributed by atoms with Gasteiger partial charge in [-0.05, 0) is 44.8 Å². The van der Waals surface area contributed by atoms with Gasteiger partial charge in [-0.15, -0.1) is 0 Å². The van der Waals surface area contributed by atoms with Gasteiger partial charge in [0.15, 0.2) is 10.3 Å². The Labute approximate surface area is 156 Å². The fourth-order valence-electron chi connectivity index (χ4n) is 1.69. The quantitative estimate of drug-likeness (QED) is 0.387. The maximum atomic E-state index is 4.20. The average molecular weight is 391 g/mol. The molecule has 0 saturated carbocycles. The normalized spacial score (nSPS) is 10.7. The second-order valence-electron chi connectivity index (χ2n) is 4.57. The van der Waals surface area contributed by atoms with Crippen molar-refractivity contribution in [3.63, 3.8) is 0 Å². The molecule has 3 aromatic rings. The van der Waals surface area contributed by atoms with Gasteiger partial charge in [0.25, 0.3) is 0 Å². The fraction of sp³-hybridized carbons (Fsp3) is 0.125. The zero-order valence-electron chi connectivity index (χ0n) is 12.6. The second kappa shape index (κ2) is 9.93. The summed E-state index contributed by atoms with van der Waals surface area (Å²) in [6.45, 7) is 0. The lowest BCUT2D eigenvalue weighted by Crippen LogP contribution is -1.84. The van der Waals surface area contributed by atoms with Crippen LogP contribution in [-0.2, 0) is 11.5 Å². The van der Waals surface area contributed by atoms with Gasteiger partial charge in [-0.1, -0.05) is 45.9 Å². The minimum Gasteiger partial charge on any atom is -0.230 e. The number of benzene rings is 1. The Balaban J connectivity index is 1.40. The molecule has 0 atom stereocenters. The van der Waals surface area contributed by atoms with Crippen molar-refractivity contribution in [2.24, 2.45) is 0 Å². The summed E-state index contributed by atoms with van der Waals surface area (Å²) in [6.07, 6.45) is 7.06. The molecular weight excluding hydrogens is 376 g/mol. The Kier molecular flexibility index (Phi) is 7.28. The lowest BCUT2D eigenvalue weighted by atomic mass is 10.2. The highest BCUT2D eigenvalue weighted by Gasteiger charge is 2.01. The van der Waals surface area contributed by atoms with Gasteiger partial charge in [0.1, 0.15) is 0 Å². The number of rotatable bonds is 8. The van der Waals surface area contributed by atoms with Crippen LogP contribution < -0.4 is 0 Å². The van der Waals surface area contributed by atoms with Crippen LogP contribution in [0, 0.1) is 0 Å². The van der Waals surface area contributed by atoms with E-state index in [1.54, 1.807) is 68.0 Å². The van der Waals surface area contributed by atoms with Gasteiger partial charge >= 0.3 is 0 Å². The summed E-state index contributed by atoms with van der Waals surface area (Å²) in [5.41, 5.74) is 2.60. The van der Waals surface area contributed by atoms with Crippen molar-refractivity contribution >= 4 is 43.2 Å². The van der Waals surface area contributed by atoms with E-state index in [1.807, 2.05) is 12.1 Å². The lowest BCUT2D eigenvalue weighted by Gasteiger charge is -2.03. The summed E-state index contributed by atoms with van der Waals surface area (Å²) in [5.74, 6) is 1.87. The molecule has 2 heterocycles. The first-order valence-corrected chi connectivity index (χ1v) is 11.7. The highest BCUT2D eigenvalue weighted by molar-refractivity contribution is 8.76. The van der Waals surface area contributed by atoms with E-state index >= 15 is 0 Å². The van der Waals surface area contributed by atoms with Crippen molar-refractivity contribution in [2.45, 2.75) is 21.8 Å². The minimum atomic E-state index is 0.802. The minimum absolute atomic E-state index is 0.802. The first kappa shape index (κ1) is 17.6. The van der Waals surface area contributed by atoms with E-state index in [4.69, 9.17) is 0 Å². The van der Waals surface area contributed by atoms with Crippen LogP contribution >= 0.6 is 43.2 Å². The Bertz CT molecular complexity index is 662. The second-order valence-corrected chi connectivity index (χ2v) is 9.10. The molecule has 0 amide bonds. The zero-order chi connectivity index (χ0) is 16.5. The molecule has 1 aromatic carbocycles. The third-order valence-corrected chi connectivity index (χ3v) is 6.99. The summed E-state index contributed by atoms with van der Waals surface area (Å²) >= 11 is 0. The average Bonchev–Trinajstić information content (AvgIpc) is 2.65. The number of aromatic nitrogens is 4. The molecule has 0 N–H and O–H groups in total. The molecule has 0 aliphatic heterocycles. The van der Waals surface area contributed by atoms with Crippen LogP contribution in [0.2, 0.25) is 0 Å². The van der Waals surface area contributed by atoms with Crippen LogP contribution in [0.4, 0.5) is 0 Å². The van der Waals surface area contributed by atoms with Crippen LogP contribution in [0.1, 0.15) is 11.1 Å². The molecule has 2 aromatic heterocycles. The summed E-state index contributed by atoms with van der Waals surface area (Å²) in [7, 11) is 6.70. The number of hydrogen-bond donors (Lipinski definition) is 0. The van der Waals surface area contributed by atoms with E-state index in [0.29, 0.717) is 0 Å². The molecule has 0 bridgehead atoms. The molecule has 24 heavy (non-hydrogen) atoms. The molecule has 3 rings (SSSR count). The SMILES string of the molecule is c1cnc(SSCc2ccc(CSSc3ncccn3)cc2)nc1. The molecule has 0 spiro atoms.